The fraction of sp³-hybridized carbons (Fsp3) is 0.333. The van der Waals surface area contributed by atoms with Crippen LogP contribution in [0.1, 0.15) is 29.3 Å². The highest BCUT2D eigenvalue weighted by atomic mass is 16.5. The molecule has 2 rings (SSSR count). The van der Waals surface area contributed by atoms with Gasteiger partial charge in [-0.15, -0.1) is 0 Å². The van der Waals surface area contributed by atoms with Crippen LogP contribution in [0.25, 0.3) is 0 Å². The number of ether oxygens (including phenoxy) is 2. The summed E-state index contributed by atoms with van der Waals surface area (Å²) in [6.07, 6.45) is 0.747. The van der Waals surface area contributed by atoms with Crippen LogP contribution in [0.3, 0.4) is 0 Å². The number of benzene rings is 2. The third-order valence-electron chi connectivity index (χ3n) is 4.16. The minimum absolute atomic E-state index is 0.0185. The maximum absolute atomic E-state index is 12.9. The Labute approximate surface area is 160 Å². The van der Waals surface area contributed by atoms with E-state index in [1.54, 1.807) is 25.3 Å². The number of hydrogen-bond donors (Lipinski definition) is 1. The third-order valence-corrected chi connectivity index (χ3v) is 4.16. The number of carbonyl (C=O) groups is 2. The number of aryl methyl sites for hydroxylation is 1. The molecule has 1 N–H and O–H groups in total. The van der Waals surface area contributed by atoms with Gasteiger partial charge in [0.15, 0.2) is 11.5 Å². The molecule has 2 aromatic carbocycles. The van der Waals surface area contributed by atoms with Gasteiger partial charge in [0.2, 0.25) is 5.91 Å². The molecule has 2 amide bonds. The zero-order chi connectivity index (χ0) is 19.8. The third kappa shape index (κ3) is 5.23. The van der Waals surface area contributed by atoms with Crippen molar-refractivity contribution >= 4 is 17.5 Å². The number of methoxy groups -OCH3 is 2. The first-order chi connectivity index (χ1) is 13.0. The fourth-order valence-electron chi connectivity index (χ4n) is 2.75. The standard InChI is InChI=1S/C21H26N2O4/c1-5-12-23(14-20(24)22-17-9-7-6-8-15(17)2)21(25)16-10-11-18(26-3)19(13-16)27-4/h6-11,13H,5,12,14H2,1-4H3,(H,22,24). The lowest BCUT2D eigenvalue weighted by molar-refractivity contribution is -0.116. The lowest BCUT2D eigenvalue weighted by Crippen LogP contribution is -2.38. The highest BCUT2D eigenvalue weighted by Gasteiger charge is 2.20. The Morgan fingerprint density at radius 3 is 2.37 bits per heavy atom. The second-order valence-corrected chi connectivity index (χ2v) is 6.16. The fourth-order valence-corrected chi connectivity index (χ4v) is 2.75. The quantitative estimate of drug-likeness (QED) is 0.772. The first-order valence-corrected chi connectivity index (χ1v) is 8.87. The number of nitrogens with one attached hydrogen (secondary N) is 1. The van der Waals surface area contributed by atoms with E-state index in [-0.39, 0.29) is 18.4 Å². The minimum atomic E-state index is -0.230. The van der Waals surface area contributed by atoms with Crippen LogP contribution in [0.4, 0.5) is 5.69 Å². The molecular weight excluding hydrogens is 344 g/mol. The van der Waals surface area contributed by atoms with E-state index < -0.39 is 0 Å². The Bertz CT molecular complexity index is 805. The van der Waals surface area contributed by atoms with Gasteiger partial charge < -0.3 is 19.7 Å². The molecule has 0 aliphatic rings. The van der Waals surface area contributed by atoms with Crippen LogP contribution in [0, 0.1) is 6.92 Å². The highest BCUT2D eigenvalue weighted by molar-refractivity contribution is 6.00. The summed E-state index contributed by atoms with van der Waals surface area (Å²) < 4.78 is 10.5. The zero-order valence-corrected chi connectivity index (χ0v) is 16.2. The molecule has 2 aromatic rings. The van der Waals surface area contributed by atoms with E-state index in [9.17, 15) is 9.59 Å². The molecule has 0 heterocycles. The average Bonchev–Trinajstić information content (AvgIpc) is 2.68. The molecule has 6 heteroatoms. The predicted octanol–water partition coefficient (Wildman–Crippen LogP) is 3.50. The van der Waals surface area contributed by atoms with Crippen molar-refractivity contribution in [1.82, 2.24) is 4.90 Å². The van der Waals surface area contributed by atoms with Gasteiger partial charge in [0, 0.05) is 17.8 Å². The topological polar surface area (TPSA) is 67.9 Å². The van der Waals surface area contributed by atoms with Crippen LogP contribution in [-0.4, -0.2) is 44.0 Å². The second-order valence-electron chi connectivity index (χ2n) is 6.16. The maximum Gasteiger partial charge on any atom is 0.254 e. The number of hydrogen-bond acceptors (Lipinski definition) is 4. The van der Waals surface area contributed by atoms with Gasteiger partial charge in [-0.2, -0.15) is 0 Å². The number of anilines is 1. The number of amides is 2. The summed E-state index contributed by atoms with van der Waals surface area (Å²) in [5.74, 6) is 0.571. The molecule has 0 saturated carbocycles. The normalized spacial score (nSPS) is 10.2. The van der Waals surface area contributed by atoms with E-state index in [1.807, 2.05) is 38.1 Å². The molecule has 0 bridgehead atoms. The summed E-state index contributed by atoms with van der Waals surface area (Å²) in [5, 5.41) is 2.87. The predicted molar refractivity (Wildman–Crippen MR) is 106 cm³/mol. The van der Waals surface area contributed by atoms with Crippen molar-refractivity contribution in [3.63, 3.8) is 0 Å². The van der Waals surface area contributed by atoms with Crippen molar-refractivity contribution < 1.29 is 19.1 Å². The van der Waals surface area contributed by atoms with Gasteiger partial charge in [-0.05, 0) is 43.2 Å². The molecule has 0 saturated heterocycles. The molecule has 0 spiro atoms. The summed E-state index contributed by atoms with van der Waals surface area (Å²) >= 11 is 0. The van der Waals surface area contributed by atoms with E-state index in [0.717, 1.165) is 17.7 Å². The van der Waals surface area contributed by atoms with E-state index >= 15 is 0 Å². The minimum Gasteiger partial charge on any atom is -0.493 e. The summed E-state index contributed by atoms with van der Waals surface area (Å²) in [5.41, 5.74) is 2.17. The first-order valence-electron chi connectivity index (χ1n) is 8.87. The van der Waals surface area contributed by atoms with Crippen molar-refractivity contribution in [2.75, 3.05) is 32.6 Å². The number of para-hydroxylation sites is 1. The summed E-state index contributed by atoms with van der Waals surface area (Å²) in [6.45, 7) is 4.35. The van der Waals surface area contributed by atoms with Crippen LogP contribution in [-0.2, 0) is 4.79 Å². The number of carbonyl (C=O) groups excluding carboxylic acids is 2. The molecule has 0 fully saturated rings. The van der Waals surface area contributed by atoms with Crippen molar-refractivity contribution in [2.45, 2.75) is 20.3 Å². The van der Waals surface area contributed by atoms with Gasteiger partial charge >= 0.3 is 0 Å². The molecule has 6 nitrogen and oxygen atoms in total. The Hall–Kier alpha value is -3.02. The van der Waals surface area contributed by atoms with Crippen LogP contribution in [0.2, 0.25) is 0 Å². The van der Waals surface area contributed by atoms with Crippen LogP contribution in [0.5, 0.6) is 11.5 Å². The SMILES string of the molecule is CCCN(CC(=O)Nc1ccccc1C)C(=O)c1ccc(OC)c(OC)c1. The molecule has 0 radical (unpaired) electrons. The van der Waals surface area contributed by atoms with Gasteiger partial charge in [0.1, 0.15) is 6.54 Å². The van der Waals surface area contributed by atoms with Crippen molar-refractivity contribution in [3.05, 3.63) is 53.6 Å². The molecule has 27 heavy (non-hydrogen) atoms. The number of nitrogens with zero attached hydrogens (tertiary/aromatic N) is 1. The van der Waals surface area contributed by atoms with Crippen molar-refractivity contribution in [3.8, 4) is 11.5 Å². The Morgan fingerprint density at radius 1 is 1.04 bits per heavy atom. The molecule has 0 aromatic heterocycles. The van der Waals surface area contributed by atoms with Crippen molar-refractivity contribution in [1.29, 1.82) is 0 Å². The molecule has 0 aliphatic heterocycles. The Balaban J connectivity index is 2.15. The molecular formula is C21H26N2O4. The lowest BCUT2D eigenvalue weighted by Gasteiger charge is -2.22. The summed E-state index contributed by atoms with van der Waals surface area (Å²) in [6, 6.07) is 12.5. The Kier molecular flexibility index (Phi) is 7.23. The van der Waals surface area contributed by atoms with Gasteiger partial charge in [0.05, 0.1) is 14.2 Å². The highest BCUT2D eigenvalue weighted by Crippen LogP contribution is 2.28. The van der Waals surface area contributed by atoms with E-state index in [4.69, 9.17) is 9.47 Å². The number of rotatable bonds is 8. The van der Waals surface area contributed by atoms with E-state index in [0.29, 0.717) is 23.6 Å². The zero-order valence-electron chi connectivity index (χ0n) is 16.2. The Morgan fingerprint density at radius 2 is 1.74 bits per heavy atom. The van der Waals surface area contributed by atoms with Crippen molar-refractivity contribution in [2.24, 2.45) is 0 Å². The summed E-state index contributed by atoms with van der Waals surface area (Å²) in [7, 11) is 3.06. The first kappa shape index (κ1) is 20.3. The van der Waals surface area contributed by atoms with E-state index in [1.165, 1.54) is 12.0 Å². The average molecular weight is 370 g/mol. The van der Waals surface area contributed by atoms with E-state index in [2.05, 4.69) is 5.32 Å². The summed E-state index contributed by atoms with van der Waals surface area (Å²) in [4.78, 5) is 26.9. The van der Waals surface area contributed by atoms with Gasteiger partial charge in [0.25, 0.3) is 5.91 Å². The second kappa shape index (κ2) is 9.62. The van der Waals surface area contributed by atoms with Gasteiger partial charge in [-0.25, -0.2) is 0 Å². The van der Waals surface area contributed by atoms with Crippen LogP contribution < -0.4 is 14.8 Å². The maximum atomic E-state index is 12.9. The van der Waals surface area contributed by atoms with Gasteiger partial charge in [-0.1, -0.05) is 25.1 Å². The van der Waals surface area contributed by atoms with Crippen LogP contribution >= 0.6 is 0 Å². The monoisotopic (exact) mass is 370 g/mol. The molecule has 144 valence electrons. The van der Waals surface area contributed by atoms with Crippen LogP contribution in [0.15, 0.2) is 42.5 Å². The largest absolute Gasteiger partial charge is 0.493 e. The van der Waals surface area contributed by atoms with Gasteiger partial charge in [-0.3, -0.25) is 9.59 Å². The molecule has 0 unspecified atom stereocenters. The smallest absolute Gasteiger partial charge is 0.254 e. The molecule has 0 atom stereocenters. The lowest BCUT2D eigenvalue weighted by atomic mass is 10.1. The molecule has 0 aliphatic carbocycles.